The molecule has 1 aliphatic rings. The lowest BCUT2D eigenvalue weighted by atomic mass is 9.98. The van der Waals surface area contributed by atoms with Gasteiger partial charge in [0.1, 0.15) is 23.1 Å². The van der Waals surface area contributed by atoms with Gasteiger partial charge in [0, 0.05) is 42.6 Å². The molecule has 6 rings (SSSR count). The Hall–Kier alpha value is -4.43. The van der Waals surface area contributed by atoms with E-state index >= 15 is 0 Å². The number of aryl methyl sites for hydroxylation is 1. The molecule has 1 fully saturated rings. The summed E-state index contributed by atoms with van der Waals surface area (Å²) >= 11 is 0. The average Bonchev–Trinajstić information content (AvgIpc) is 3.49. The van der Waals surface area contributed by atoms with Crippen LogP contribution in [-0.2, 0) is 0 Å². The number of pyridine rings is 1. The van der Waals surface area contributed by atoms with Crippen LogP contribution in [-0.4, -0.2) is 53.7 Å². The topological polar surface area (TPSA) is 108 Å². The number of β-amino-alcohol motifs (C(OH)–C–C–N with tert-alkyl or cyclic N) is 1. The number of fused-ring (bicyclic) bond motifs is 2. The first-order chi connectivity index (χ1) is 17.0. The molecule has 4 aromatic heterocycles. The zero-order valence-electron chi connectivity index (χ0n) is 18.5. The number of aromatic nitrogens is 6. The van der Waals surface area contributed by atoms with Crippen LogP contribution in [0, 0.1) is 18.3 Å². The van der Waals surface area contributed by atoms with Gasteiger partial charge >= 0.3 is 0 Å². The highest BCUT2D eigenvalue weighted by Gasteiger charge is 2.33. The Morgan fingerprint density at radius 1 is 1.20 bits per heavy atom. The molecule has 1 saturated heterocycles. The van der Waals surface area contributed by atoms with Crippen molar-refractivity contribution in [3.05, 3.63) is 65.9 Å². The summed E-state index contributed by atoms with van der Waals surface area (Å²) < 4.78 is 30.5. The Morgan fingerprint density at radius 3 is 2.71 bits per heavy atom. The first-order valence-corrected chi connectivity index (χ1v) is 10.9. The number of rotatable bonds is 4. The first-order valence-electron chi connectivity index (χ1n) is 10.9. The first kappa shape index (κ1) is 21.1. The molecule has 1 aromatic carbocycles. The Kier molecular flexibility index (Phi) is 4.72. The number of halogens is 2. The summed E-state index contributed by atoms with van der Waals surface area (Å²) in [7, 11) is 0. The molecule has 11 heteroatoms. The molecule has 0 aliphatic carbocycles. The number of benzene rings is 1. The van der Waals surface area contributed by atoms with Crippen LogP contribution in [0.2, 0.25) is 0 Å². The molecule has 0 saturated carbocycles. The number of aliphatic hydroxyl groups excluding tert-OH is 1. The Bertz CT molecular complexity index is 1630. The van der Waals surface area contributed by atoms with Crippen molar-refractivity contribution in [1.82, 2.24) is 29.4 Å². The van der Waals surface area contributed by atoms with Crippen LogP contribution in [0.15, 0.2) is 48.9 Å². The highest BCUT2D eigenvalue weighted by Crippen LogP contribution is 2.40. The van der Waals surface area contributed by atoms with Gasteiger partial charge < -0.3 is 10.0 Å². The number of hydrogen-bond donors (Lipinski definition) is 1. The van der Waals surface area contributed by atoms with Gasteiger partial charge in [-0.2, -0.15) is 20.0 Å². The van der Waals surface area contributed by atoms with Gasteiger partial charge in [-0.3, -0.25) is 4.98 Å². The van der Waals surface area contributed by atoms with Gasteiger partial charge in [-0.15, -0.1) is 0 Å². The second-order valence-electron chi connectivity index (χ2n) is 8.37. The molecule has 0 amide bonds. The maximum Gasteiger partial charge on any atom is 0.283 e. The summed E-state index contributed by atoms with van der Waals surface area (Å²) in [4.78, 5) is 10.9. The molecule has 35 heavy (non-hydrogen) atoms. The van der Waals surface area contributed by atoms with Gasteiger partial charge in [0.25, 0.3) is 6.43 Å². The van der Waals surface area contributed by atoms with Crippen LogP contribution in [0.4, 0.5) is 14.6 Å². The lowest BCUT2D eigenvalue weighted by Crippen LogP contribution is -2.51. The number of anilines is 1. The van der Waals surface area contributed by atoms with Crippen LogP contribution in [0.25, 0.3) is 33.4 Å². The fourth-order valence-corrected chi connectivity index (χ4v) is 4.57. The maximum absolute atomic E-state index is 13.7. The molecule has 9 nitrogen and oxygen atoms in total. The highest BCUT2D eigenvalue weighted by molar-refractivity contribution is 5.99. The van der Waals surface area contributed by atoms with Crippen molar-refractivity contribution in [2.75, 3.05) is 18.0 Å². The van der Waals surface area contributed by atoms with Crippen LogP contribution in [0.1, 0.15) is 23.4 Å². The van der Waals surface area contributed by atoms with E-state index in [9.17, 15) is 19.1 Å². The molecule has 0 atom stereocenters. The van der Waals surface area contributed by atoms with E-state index in [0.29, 0.717) is 30.2 Å². The summed E-state index contributed by atoms with van der Waals surface area (Å²) in [5, 5.41) is 28.8. The molecule has 0 spiro atoms. The van der Waals surface area contributed by atoms with E-state index in [-0.39, 0.29) is 11.2 Å². The zero-order chi connectivity index (χ0) is 24.3. The van der Waals surface area contributed by atoms with Gasteiger partial charge in [-0.25, -0.2) is 18.4 Å². The van der Waals surface area contributed by atoms with Crippen LogP contribution in [0.5, 0.6) is 0 Å². The van der Waals surface area contributed by atoms with E-state index < -0.39 is 18.2 Å². The van der Waals surface area contributed by atoms with Crippen molar-refractivity contribution >= 4 is 22.4 Å². The lowest BCUT2D eigenvalue weighted by Gasteiger charge is -2.39. The number of nitrogens with zero attached hydrogens (tertiary/aromatic N) is 8. The largest absolute Gasteiger partial charge is 0.389 e. The van der Waals surface area contributed by atoms with Crippen molar-refractivity contribution in [1.29, 1.82) is 5.26 Å². The second kappa shape index (κ2) is 7.82. The molecule has 0 unspecified atom stereocenters. The third-order valence-corrected chi connectivity index (χ3v) is 6.19. The smallest absolute Gasteiger partial charge is 0.283 e. The molecular formula is C24H18F2N8O. The Balaban J connectivity index is 1.64. The molecule has 0 radical (unpaired) electrons. The van der Waals surface area contributed by atoms with Gasteiger partial charge in [-0.1, -0.05) is 6.07 Å². The van der Waals surface area contributed by atoms with E-state index in [2.05, 4.69) is 20.2 Å². The minimum absolute atomic E-state index is 0.0692. The zero-order valence-corrected chi connectivity index (χ0v) is 18.5. The summed E-state index contributed by atoms with van der Waals surface area (Å²) in [6.45, 7) is 2.39. The van der Waals surface area contributed by atoms with Gasteiger partial charge in [-0.05, 0) is 36.8 Å². The fraction of sp³-hybridized carbons (Fsp3) is 0.208. The van der Waals surface area contributed by atoms with E-state index in [4.69, 9.17) is 0 Å². The average molecular weight is 472 g/mol. The molecular weight excluding hydrogens is 454 g/mol. The summed E-state index contributed by atoms with van der Waals surface area (Å²) in [6.07, 6.45) is 1.74. The fourth-order valence-electron chi connectivity index (χ4n) is 4.57. The molecule has 5 aromatic rings. The summed E-state index contributed by atoms with van der Waals surface area (Å²) in [5.41, 5.74) is 2.79. The number of nitriles is 1. The van der Waals surface area contributed by atoms with E-state index in [1.165, 1.54) is 4.52 Å². The molecule has 5 heterocycles. The number of hydrogen-bond acceptors (Lipinski definition) is 7. The normalized spacial score (nSPS) is 14.1. The number of aliphatic hydroxyl groups is 1. The van der Waals surface area contributed by atoms with Crippen molar-refractivity contribution in [3.8, 4) is 22.9 Å². The van der Waals surface area contributed by atoms with E-state index in [1.807, 2.05) is 47.5 Å². The van der Waals surface area contributed by atoms with Crippen molar-refractivity contribution in [2.24, 2.45) is 0 Å². The van der Waals surface area contributed by atoms with Gasteiger partial charge in [0.05, 0.1) is 23.0 Å². The monoisotopic (exact) mass is 472 g/mol. The number of alkyl halides is 2. The Labute approximate surface area is 197 Å². The SMILES string of the molecule is Cc1nc2c(C#N)c(C(F)F)nn2c(N2CC(O)C2)c1-c1ccnc2cc(-n3cccn3)ccc12. The van der Waals surface area contributed by atoms with Crippen LogP contribution in [0.3, 0.4) is 0 Å². The molecule has 1 N–H and O–H groups in total. The molecule has 0 bridgehead atoms. The summed E-state index contributed by atoms with van der Waals surface area (Å²) in [5.74, 6) is 0.504. The summed E-state index contributed by atoms with van der Waals surface area (Å²) in [6, 6.07) is 11.3. The van der Waals surface area contributed by atoms with Crippen molar-refractivity contribution < 1.29 is 13.9 Å². The van der Waals surface area contributed by atoms with Gasteiger partial charge in [0.15, 0.2) is 5.65 Å². The highest BCUT2D eigenvalue weighted by atomic mass is 19.3. The van der Waals surface area contributed by atoms with E-state index in [0.717, 1.165) is 22.2 Å². The standard InChI is InChI=1S/C24H18F2N8O/c1-13-20(17-5-7-28-19-9-14(3-4-16(17)19)33-8-2-6-29-33)24(32-11-15(35)12-32)34-23(30-13)18(10-27)21(31-34)22(25)26/h2-9,15,22,35H,11-12H2,1H3. The molecule has 174 valence electrons. The third-order valence-electron chi connectivity index (χ3n) is 6.19. The maximum atomic E-state index is 13.7. The van der Waals surface area contributed by atoms with Crippen LogP contribution >= 0.6 is 0 Å². The predicted octanol–water partition coefficient (Wildman–Crippen LogP) is 3.43. The quantitative estimate of drug-likeness (QED) is 0.427. The minimum atomic E-state index is -2.92. The third kappa shape index (κ3) is 3.22. The molecule has 1 aliphatic heterocycles. The lowest BCUT2D eigenvalue weighted by molar-refractivity contribution is 0.140. The van der Waals surface area contributed by atoms with E-state index in [1.54, 1.807) is 24.0 Å². The minimum Gasteiger partial charge on any atom is -0.389 e. The second-order valence-corrected chi connectivity index (χ2v) is 8.37. The van der Waals surface area contributed by atoms with Crippen molar-refractivity contribution in [2.45, 2.75) is 19.5 Å². The Morgan fingerprint density at radius 2 is 2.03 bits per heavy atom. The predicted molar refractivity (Wildman–Crippen MR) is 123 cm³/mol. The van der Waals surface area contributed by atoms with Gasteiger partial charge in [0.2, 0.25) is 0 Å². The van der Waals surface area contributed by atoms with Crippen LogP contribution < -0.4 is 4.90 Å². The van der Waals surface area contributed by atoms with Crippen molar-refractivity contribution in [3.63, 3.8) is 0 Å².